The van der Waals surface area contributed by atoms with E-state index in [0.29, 0.717) is 5.92 Å². The van der Waals surface area contributed by atoms with Gasteiger partial charge in [0.1, 0.15) is 0 Å². The highest BCUT2D eigenvalue weighted by molar-refractivity contribution is 5.94. The van der Waals surface area contributed by atoms with Crippen LogP contribution in [0.3, 0.4) is 0 Å². The van der Waals surface area contributed by atoms with Crippen molar-refractivity contribution in [1.82, 2.24) is 0 Å². The molecule has 0 aromatic heterocycles. The van der Waals surface area contributed by atoms with Gasteiger partial charge in [0.15, 0.2) is 0 Å². The molecule has 1 saturated carbocycles. The highest BCUT2D eigenvalue weighted by Crippen LogP contribution is 2.48. The Morgan fingerprint density at radius 3 is 2.33 bits per heavy atom. The fourth-order valence-corrected chi connectivity index (χ4v) is 7.55. The molecule has 0 heterocycles. The number of aryl methyl sites for hydroxylation is 2. The second-order valence-electron chi connectivity index (χ2n) is 12.8. The summed E-state index contributed by atoms with van der Waals surface area (Å²) in [5, 5.41) is 0. The second kappa shape index (κ2) is 10.5. The standard InChI is InChI=1S/C39H44/c1-7-28-10-14-29(15-11-28)36-20-27(6)34-17-16-31(22-38(34)36)32-21-33-19-26(5)35(18-24(2)3)39(37(33)23-32)30-12-8-25(4)9-13-30/h8-9,12-13,16-17,19-22,27-29H,2,7,10-11,14-15,18,23H2,1,3-6H3. The monoisotopic (exact) mass is 512 g/mol. The van der Waals surface area contributed by atoms with E-state index in [9.17, 15) is 0 Å². The van der Waals surface area contributed by atoms with E-state index in [1.165, 1.54) is 98.9 Å². The molecule has 3 aromatic rings. The molecule has 0 bridgehead atoms. The lowest BCUT2D eigenvalue weighted by Crippen LogP contribution is -2.15. The van der Waals surface area contributed by atoms with Crippen molar-refractivity contribution in [2.75, 3.05) is 0 Å². The maximum atomic E-state index is 4.27. The van der Waals surface area contributed by atoms with Gasteiger partial charge < -0.3 is 0 Å². The maximum absolute atomic E-state index is 4.27. The topological polar surface area (TPSA) is 0 Å². The van der Waals surface area contributed by atoms with Crippen LogP contribution in [0.1, 0.15) is 103 Å². The van der Waals surface area contributed by atoms with Crippen LogP contribution in [0.2, 0.25) is 0 Å². The summed E-state index contributed by atoms with van der Waals surface area (Å²) in [5.41, 5.74) is 18.6. The van der Waals surface area contributed by atoms with Gasteiger partial charge in [-0.05, 0) is 138 Å². The van der Waals surface area contributed by atoms with E-state index in [2.05, 4.69) is 102 Å². The van der Waals surface area contributed by atoms with Gasteiger partial charge in [-0.25, -0.2) is 0 Å². The average Bonchev–Trinajstić information content (AvgIpc) is 3.50. The fraction of sp³-hybridized carbons (Fsp3) is 0.385. The molecule has 39 heavy (non-hydrogen) atoms. The second-order valence-corrected chi connectivity index (χ2v) is 12.8. The predicted octanol–water partition coefficient (Wildman–Crippen LogP) is 10.9. The van der Waals surface area contributed by atoms with Crippen LogP contribution in [0.5, 0.6) is 0 Å². The van der Waals surface area contributed by atoms with Crippen LogP contribution >= 0.6 is 0 Å². The molecule has 3 aromatic carbocycles. The molecule has 1 fully saturated rings. The van der Waals surface area contributed by atoms with Crippen molar-refractivity contribution in [3.8, 4) is 11.1 Å². The van der Waals surface area contributed by atoms with Crippen LogP contribution in [0.4, 0.5) is 0 Å². The Kier molecular flexibility index (Phi) is 7.00. The molecule has 1 atom stereocenters. The average molecular weight is 513 g/mol. The van der Waals surface area contributed by atoms with Gasteiger partial charge in [-0.3, -0.25) is 0 Å². The van der Waals surface area contributed by atoms with Crippen LogP contribution in [0.15, 0.2) is 66.8 Å². The molecule has 200 valence electrons. The molecule has 0 saturated heterocycles. The predicted molar refractivity (Wildman–Crippen MR) is 170 cm³/mol. The Morgan fingerprint density at radius 1 is 0.923 bits per heavy atom. The maximum Gasteiger partial charge on any atom is 0.000174 e. The molecule has 0 N–H and O–H groups in total. The summed E-state index contributed by atoms with van der Waals surface area (Å²) >= 11 is 0. The third kappa shape index (κ3) is 4.88. The molecule has 0 radical (unpaired) electrons. The Morgan fingerprint density at radius 2 is 1.64 bits per heavy atom. The SMILES string of the molecule is C=C(C)Cc1c(C)cc2c(c1-c1ccc(C)cc1)CC(c1ccc3c(c1)C(C1CCC(CC)CC1)=CC3C)=C2. The van der Waals surface area contributed by atoms with Crippen molar-refractivity contribution in [2.45, 2.75) is 85.5 Å². The highest BCUT2D eigenvalue weighted by atomic mass is 14.3. The van der Waals surface area contributed by atoms with Gasteiger partial charge in [0, 0.05) is 5.92 Å². The van der Waals surface area contributed by atoms with Crippen molar-refractivity contribution < 1.29 is 0 Å². The first-order chi connectivity index (χ1) is 18.8. The number of hydrogen-bond acceptors (Lipinski definition) is 0. The summed E-state index contributed by atoms with van der Waals surface area (Å²) in [4.78, 5) is 0. The molecule has 6 rings (SSSR count). The molecular formula is C39H44. The molecule has 0 amide bonds. The minimum Gasteiger partial charge on any atom is -0.0998 e. The molecule has 0 heteroatoms. The van der Waals surface area contributed by atoms with Crippen LogP contribution in [-0.4, -0.2) is 0 Å². The minimum absolute atomic E-state index is 0.531. The summed E-state index contributed by atoms with van der Waals surface area (Å²) in [6, 6.07) is 18.9. The van der Waals surface area contributed by atoms with Crippen LogP contribution in [0.25, 0.3) is 28.3 Å². The van der Waals surface area contributed by atoms with Crippen LogP contribution in [0, 0.1) is 25.7 Å². The number of benzene rings is 3. The number of rotatable bonds is 6. The van der Waals surface area contributed by atoms with Gasteiger partial charge in [-0.1, -0.05) is 92.6 Å². The van der Waals surface area contributed by atoms with E-state index >= 15 is 0 Å². The first-order valence-corrected chi connectivity index (χ1v) is 15.3. The molecule has 0 aliphatic heterocycles. The first-order valence-electron chi connectivity index (χ1n) is 15.3. The number of fused-ring (bicyclic) bond motifs is 2. The van der Waals surface area contributed by atoms with Crippen LogP contribution in [-0.2, 0) is 12.8 Å². The zero-order chi connectivity index (χ0) is 27.3. The third-order valence-corrected chi connectivity index (χ3v) is 9.83. The quantitative estimate of drug-likeness (QED) is 0.288. The van der Waals surface area contributed by atoms with E-state index in [1.54, 1.807) is 5.57 Å². The number of allylic oxidation sites excluding steroid dienone is 4. The molecule has 3 aliphatic rings. The van der Waals surface area contributed by atoms with Gasteiger partial charge in [0.25, 0.3) is 0 Å². The zero-order valence-electron chi connectivity index (χ0n) is 24.7. The molecule has 0 spiro atoms. The Balaban J connectivity index is 1.36. The third-order valence-electron chi connectivity index (χ3n) is 9.83. The summed E-state index contributed by atoms with van der Waals surface area (Å²) in [6.07, 6.45) is 13.9. The van der Waals surface area contributed by atoms with E-state index in [-0.39, 0.29) is 0 Å². The van der Waals surface area contributed by atoms with Crippen molar-refractivity contribution in [1.29, 1.82) is 0 Å². The van der Waals surface area contributed by atoms with Gasteiger partial charge in [-0.15, -0.1) is 0 Å². The van der Waals surface area contributed by atoms with Gasteiger partial charge in [0.2, 0.25) is 0 Å². The van der Waals surface area contributed by atoms with Gasteiger partial charge in [0.05, 0.1) is 0 Å². The smallest absolute Gasteiger partial charge is 0.000174 e. The van der Waals surface area contributed by atoms with Gasteiger partial charge in [-0.2, -0.15) is 0 Å². The summed E-state index contributed by atoms with van der Waals surface area (Å²) < 4.78 is 0. The van der Waals surface area contributed by atoms with Crippen LogP contribution < -0.4 is 0 Å². The van der Waals surface area contributed by atoms with Crippen molar-refractivity contribution in [3.63, 3.8) is 0 Å². The molecule has 1 unspecified atom stereocenters. The molecule has 0 nitrogen and oxygen atoms in total. The van der Waals surface area contributed by atoms with Gasteiger partial charge >= 0.3 is 0 Å². The van der Waals surface area contributed by atoms with E-state index in [1.807, 2.05) is 0 Å². The Labute approximate surface area is 236 Å². The lowest BCUT2D eigenvalue weighted by molar-refractivity contribution is 0.309. The minimum atomic E-state index is 0.531. The largest absolute Gasteiger partial charge is 0.0998 e. The highest BCUT2D eigenvalue weighted by Gasteiger charge is 2.30. The Hall–Kier alpha value is -3.12. The Bertz CT molecular complexity index is 1480. The lowest BCUT2D eigenvalue weighted by atomic mass is 9.76. The van der Waals surface area contributed by atoms with E-state index < -0.39 is 0 Å². The number of hydrogen-bond donors (Lipinski definition) is 0. The summed E-state index contributed by atoms with van der Waals surface area (Å²) in [7, 11) is 0. The molecule has 3 aliphatic carbocycles. The normalized spacial score (nSPS) is 21.8. The summed E-state index contributed by atoms with van der Waals surface area (Å²) in [6.45, 7) is 15.6. The van der Waals surface area contributed by atoms with Crippen molar-refractivity contribution in [3.05, 3.63) is 111 Å². The zero-order valence-corrected chi connectivity index (χ0v) is 24.7. The molecular weight excluding hydrogens is 468 g/mol. The van der Waals surface area contributed by atoms with E-state index in [0.717, 1.165) is 24.7 Å². The van der Waals surface area contributed by atoms with Crippen molar-refractivity contribution in [2.24, 2.45) is 11.8 Å². The first kappa shape index (κ1) is 26.1. The van der Waals surface area contributed by atoms with Crippen molar-refractivity contribution >= 4 is 17.2 Å². The lowest BCUT2D eigenvalue weighted by Gasteiger charge is -2.29. The fourth-order valence-electron chi connectivity index (χ4n) is 7.55. The van der Waals surface area contributed by atoms with E-state index in [4.69, 9.17) is 0 Å². The summed E-state index contributed by atoms with van der Waals surface area (Å²) in [5.74, 6) is 2.21.